The van der Waals surface area contributed by atoms with Gasteiger partial charge in [-0.2, -0.15) is 0 Å². The Kier molecular flexibility index (Phi) is 4.06. The number of aromatic nitrogens is 2. The number of nitrogen functional groups attached to an aromatic ring is 1. The number of hydrogen-bond donors (Lipinski definition) is 2. The number of piperidine rings is 1. The first kappa shape index (κ1) is 12.7. The molecule has 0 bridgehead atoms. The molecule has 3 N–H and O–H groups in total. The van der Waals surface area contributed by atoms with E-state index in [0.717, 1.165) is 12.8 Å². The number of nitrogens with one attached hydrogen (secondary N) is 1. The molecule has 98 valence electrons. The number of nitrogens with two attached hydrogens (primary N) is 1. The van der Waals surface area contributed by atoms with Gasteiger partial charge in [0.1, 0.15) is 5.69 Å². The summed E-state index contributed by atoms with van der Waals surface area (Å²) in [5.74, 6) is 5.53. The van der Waals surface area contributed by atoms with Crippen molar-refractivity contribution >= 4 is 11.7 Å². The van der Waals surface area contributed by atoms with Gasteiger partial charge in [-0.25, -0.2) is 15.8 Å². The van der Waals surface area contributed by atoms with E-state index in [2.05, 4.69) is 15.4 Å². The Morgan fingerprint density at radius 2 is 2.17 bits per heavy atom. The average molecular weight is 251 g/mol. The summed E-state index contributed by atoms with van der Waals surface area (Å²) in [6, 6.07) is 0. The minimum atomic E-state index is -0.0966. The van der Waals surface area contributed by atoms with Crippen LogP contribution in [0.15, 0.2) is 12.4 Å². The number of carbonyl (C=O) groups is 1. The zero-order chi connectivity index (χ0) is 13.0. The van der Waals surface area contributed by atoms with Crippen LogP contribution in [0.3, 0.4) is 0 Å². The van der Waals surface area contributed by atoms with Crippen molar-refractivity contribution in [2.45, 2.75) is 18.9 Å². The van der Waals surface area contributed by atoms with Crippen LogP contribution in [0.2, 0.25) is 0 Å². The van der Waals surface area contributed by atoms with Crippen molar-refractivity contribution in [3.8, 4) is 0 Å². The van der Waals surface area contributed by atoms with E-state index >= 15 is 0 Å². The van der Waals surface area contributed by atoms with Crippen molar-refractivity contribution in [2.24, 2.45) is 5.84 Å². The van der Waals surface area contributed by atoms with Crippen molar-refractivity contribution < 1.29 is 9.53 Å². The highest BCUT2D eigenvalue weighted by atomic mass is 16.5. The van der Waals surface area contributed by atoms with Gasteiger partial charge in [-0.3, -0.25) is 4.79 Å². The number of hydrogen-bond acceptors (Lipinski definition) is 6. The zero-order valence-electron chi connectivity index (χ0n) is 10.3. The molecule has 0 spiro atoms. The SMILES string of the molecule is COC1CCN(C(=O)c2cnc(NN)cn2)CC1. The van der Waals surface area contributed by atoms with E-state index < -0.39 is 0 Å². The van der Waals surface area contributed by atoms with E-state index in [1.54, 1.807) is 12.0 Å². The smallest absolute Gasteiger partial charge is 0.274 e. The Hall–Kier alpha value is -1.73. The Morgan fingerprint density at radius 3 is 2.67 bits per heavy atom. The number of likely N-dealkylation sites (tertiary alicyclic amines) is 1. The number of methoxy groups -OCH3 is 1. The first-order valence-electron chi connectivity index (χ1n) is 5.85. The number of anilines is 1. The largest absolute Gasteiger partial charge is 0.381 e. The van der Waals surface area contributed by atoms with Crippen molar-refractivity contribution in [3.05, 3.63) is 18.1 Å². The Balaban J connectivity index is 1.98. The molecule has 2 rings (SSSR count). The van der Waals surface area contributed by atoms with Crippen LogP contribution in [0.1, 0.15) is 23.3 Å². The maximum Gasteiger partial charge on any atom is 0.274 e. The summed E-state index contributed by atoms with van der Waals surface area (Å²) < 4.78 is 5.27. The summed E-state index contributed by atoms with van der Waals surface area (Å²) in [4.78, 5) is 21.9. The van der Waals surface area contributed by atoms with Crippen molar-refractivity contribution in [2.75, 3.05) is 25.6 Å². The van der Waals surface area contributed by atoms with Crippen LogP contribution in [0, 0.1) is 0 Å². The molecule has 0 atom stereocenters. The second kappa shape index (κ2) is 5.74. The first-order valence-corrected chi connectivity index (χ1v) is 5.85. The fourth-order valence-electron chi connectivity index (χ4n) is 1.97. The molecule has 0 unspecified atom stereocenters. The van der Waals surface area contributed by atoms with Crippen LogP contribution in [-0.4, -0.2) is 47.1 Å². The van der Waals surface area contributed by atoms with E-state index in [0.29, 0.717) is 24.6 Å². The van der Waals surface area contributed by atoms with E-state index in [1.165, 1.54) is 12.4 Å². The van der Waals surface area contributed by atoms with Gasteiger partial charge in [0, 0.05) is 20.2 Å². The lowest BCUT2D eigenvalue weighted by Crippen LogP contribution is -2.41. The maximum atomic E-state index is 12.1. The number of nitrogens with zero attached hydrogens (tertiary/aromatic N) is 3. The van der Waals surface area contributed by atoms with Gasteiger partial charge in [0.25, 0.3) is 5.91 Å². The summed E-state index contributed by atoms with van der Waals surface area (Å²) in [6.07, 6.45) is 4.84. The van der Waals surface area contributed by atoms with E-state index in [9.17, 15) is 4.79 Å². The maximum absolute atomic E-state index is 12.1. The highest BCUT2D eigenvalue weighted by molar-refractivity contribution is 5.92. The number of rotatable bonds is 3. The van der Waals surface area contributed by atoms with Crippen molar-refractivity contribution in [1.29, 1.82) is 0 Å². The van der Waals surface area contributed by atoms with Crippen molar-refractivity contribution in [3.63, 3.8) is 0 Å². The molecule has 0 aliphatic carbocycles. The second-order valence-electron chi connectivity index (χ2n) is 4.16. The van der Waals surface area contributed by atoms with Crippen LogP contribution in [0.4, 0.5) is 5.82 Å². The van der Waals surface area contributed by atoms with Gasteiger partial charge in [0.2, 0.25) is 0 Å². The quantitative estimate of drug-likeness (QED) is 0.581. The molecule has 2 heterocycles. The van der Waals surface area contributed by atoms with Gasteiger partial charge in [-0.05, 0) is 12.8 Å². The minimum absolute atomic E-state index is 0.0966. The Bertz CT molecular complexity index is 400. The highest BCUT2D eigenvalue weighted by Crippen LogP contribution is 2.15. The fraction of sp³-hybridized carbons (Fsp3) is 0.545. The lowest BCUT2D eigenvalue weighted by molar-refractivity contribution is 0.0347. The predicted molar refractivity (Wildman–Crippen MR) is 65.8 cm³/mol. The van der Waals surface area contributed by atoms with E-state index in [-0.39, 0.29) is 12.0 Å². The standard InChI is InChI=1S/C11H17N5O2/c1-18-8-2-4-16(5-3-8)11(17)9-6-14-10(15-12)7-13-9/h6-8H,2-5,12H2,1H3,(H,14,15). The summed E-state index contributed by atoms with van der Waals surface area (Å²) >= 11 is 0. The minimum Gasteiger partial charge on any atom is -0.381 e. The third-order valence-electron chi connectivity index (χ3n) is 3.08. The van der Waals surface area contributed by atoms with Gasteiger partial charge >= 0.3 is 0 Å². The summed E-state index contributed by atoms with van der Waals surface area (Å²) in [6.45, 7) is 1.38. The van der Waals surface area contributed by atoms with Crippen LogP contribution >= 0.6 is 0 Å². The Labute approximate surface area is 105 Å². The molecule has 1 aromatic heterocycles. The fourth-order valence-corrected chi connectivity index (χ4v) is 1.97. The summed E-state index contributed by atoms with van der Waals surface area (Å²) in [5.41, 5.74) is 2.71. The van der Waals surface area contributed by atoms with Gasteiger partial charge in [0.05, 0.1) is 18.5 Å². The summed E-state index contributed by atoms with van der Waals surface area (Å²) in [7, 11) is 1.70. The van der Waals surface area contributed by atoms with E-state index in [1.807, 2.05) is 0 Å². The molecule has 1 amide bonds. The van der Waals surface area contributed by atoms with Gasteiger partial charge in [-0.15, -0.1) is 0 Å². The molecule has 0 radical (unpaired) electrons. The molecular formula is C11H17N5O2. The lowest BCUT2D eigenvalue weighted by Gasteiger charge is -2.30. The number of ether oxygens (including phenoxy) is 1. The highest BCUT2D eigenvalue weighted by Gasteiger charge is 2.24. The number of hydrazine groups is 1. The normalized spacial score (nSPS) is 16.7. The number of amides is 1. The van der Waals surface area contributed by atoms with Crippen LogP contribution in [0.25, 0.3) is 0 Å². The molecule has 0 aromatic carbocycles. The third kappa shape index (κ3) is 2.74. The van der Waals surface area contributed by atoms with Crippen LogP contribution < -0.4 is 11.3 Å². The molecule has 1 fully saturated rings. The molecular weight excluding hydrogens is 234 g/mol. The first-order chi connectivity index (χ1) is 8.74. The zero-order valence-corrected chi connectivity index (χ0v) is 10.3. The molecule has 7 nitrogen and oxygen atoms in total. The van der Waals surface area contributed by atoms with Gasteiger partial charge < -0.3 is 15.1 Å². The van der Waals surface area contributed by atoms with Crippen LogP contribution in [0.5, 0.6) is 0 Å². The third-order valence-corrected chi connectivity index (χ3v) is 3.08. The second-order valence-corrected chi connectivity index (χ2v) is 4.16. The predicted octanol–water partition coefficient (Wildman–Crippen LogP) is 0.0132. The van der Waals surface area contributed by atoms with Gasteiger partial charge in [-0.1, -0.05) is 0 Å². The van der Waals surface area contributed by atoms with Gasteiger partial charge in [0.15, 0.2) is 5.82 Å². The van der Waals surface area contributed by atoms with E-state index in [4.69, 9.17) is 10.6 Å². The molecule has 1 aliphatic heterocycles. The monoisotopic (exact) mass is 251 g/mol. The Morgan fingerprint density at radius 1 is 1.44 bits per heavy atom. The summed E-state index contributed by atoms with van der Waals surface area (Å²) in [5, 5.41) is 0. The molecule has 0 saturated carbocycles. The van der Waals surface area contributed by atoms with Crippen molar-refractivity contribution in [1.82, 2.24) is 14.9 Å². The molecule has 7 heteroatoms. The topological polar surface area (TPSA) is 93.4 Å². The molecule has 1 aliphatic rings. The van der Waals surface area contributed by atoms with Crippen LogP contribution in [-0.2, 0) is 4.74 Å². The average Bonchev–Trinajstić information content (AvgIpc) is 2.47. The molecule has 1 saturated heterocycles. The molecule has 1 aromatic rings. The molecule has 18 heavy (non-hydrogen) atoms. The lowest BCUT2D eigenvalue weighted by atomic mass is 10.1. The number of carbonyl (C=O) groups excluding carboxylic acids is 1.